The summed E-state index contributed by atoms with van der Waals surface area (Å²) in [5.74, 6) is 0.317. The van der Waals surface area contributed by atoms with E-state index in [9.17, 15) is 4.79 Å². The van der Waals surface area contributed by atoms with Gasteiger partial charge in [0.1, 0.15) is 0 Å². The van der Waals surface area contributed by atoms with Crippen molar-refractivity contribution < 1.29 is 4.79 Å². The summed E-state index contributed by atoms with van der Waals surface area (Å²) in [7, 11) is 0. The predicted octanol–water partition coefficient (Wildman–Crippen LogP) is 2.50. The Bertz CT molecular complexity index is 278. The molecule has 0 aromatic rings. The molecule has 0 atom stereocenters. The zero-order valence-electron chi connectivity index (χ0n) is 9.18. The van der Waals surface area contributed by atoms with Crippen molar-refractivity contribution >= 4 is 5.91 Å². The van der Waals surface area contributed by atoms with Gasteiger partial charge in [-0.3, -0.25) is 4.79 Å². The number of amides is 1. The lowest BCUT2D eigenvalue weighted by molar-refractivity contribution is -0.127. The van der Waals surface area contributed by atoms with Crippen LogP contribution in [0.15, 0.2) is 11.1 Å². The monoisotopic (exact) mass is 193 g/mol. The molecule has 0 saturated heterocycles. The normalized spacial score (nSPS) is 23.1. The lowest BCUT2D eigenvalue weighted by Crippen LogP contribution is -2.33. The zero-order chi connectivity index (χ0) is 10.1. The number of carbonyl (C=O) groups is 1. The number of nitrogens with zero attached hydrogens (tertiary/aromatic N) is 1. The van der Waals surface area contributed by atoms with Crippen molar-refractivity contribution in [2.45, 2.75) is 52.0 Å². The van der Waals surface area contributed by atoms with E-state index in [4.69, 9.17) is 0 Å². The molecule has 0 fully saturated rings. The maximum absolute atomic E-state index is 12.0. The van der Waals surface area contributed by atoms with E-state index in [0.29, 0.717) is 11.9 Å². The van der Waals surface area contributed by atoms with E-state index in [1.807, 2.05) is 4.90 Å². The van der Waals surface area contributed by atoms with E-state index < -0.39 is 0 Å². The van der Waals surface area contributed by atoms with Crippen molar-refractivity contribution in [1.82, 2.24) is 4.90 Å². The van der Waals surface area contributed by atoms with E-state index in [1.54, 1.807) is 0 Å². The van der Waals surface area contributed by atoms with Crippen LogP contribution in [0.3, 0.4) is 0 Å². The van der Waals surface area contributed by atoms with Crippen LogP contribution in [0.4, 0.5) is 0 Å². The Morgan fingerprint density at radius 1 is 1.14 bits per heavy atom. The van der Waals surface area contributed by atoms with Gasteiger partial charge in [0.05, 0.1) is 0 Å². The fourth-order valence-corrected chi connectivity index (χ4v) is 2.45. The Hall–Kier alpha value is -0.790. The molecular weight excluding hydrogens is 174 g/mol. The second-order valence-corrected chi connectivity index (χ2v) is 4.67. The molecule has 14 heavy (non-hydrogen) atoms. The Balaban J connectivity index is 2.17. The molecule has 2 heteroatoms. The summed E-state index contributed by atoms with van der Waals surface area (Å²) in [5, 5.41) is 0. The van der Waals surface area contributed by atoms with Gasteiger partial charge in [-0.25, -0.2) is 0 Å². The molecule has 0 saturated carbocycles. The first kappa shape index (κ1) is 9.75. The number of rotatable bonds is 1. The van der Waals surface area contributed by atoms with Gasteiger partial charge in [0.25, 0.3) is 0 Å². The van der Waals surface area contributed by atoms with E-state index in [2.05, 4.69) is 13.8 Å². The van der Waals surface area contributed by atoms with E-state index in [0.717, 1.165) is 25.0 Å². The fraction of sp³-hybridized carbons (Fsp3) is 0.750. The fourth-order valence-electron chi connectivity index (χ4n) is 2.45. The van der Waals surface area contributed by atoms with Crippen LogP contribution in [0.5, 0.6) is 0 Å². The third-order valence-corrected chi connectivity index (χ3v) is 3.34. The van der Waals surface area contributed by atoms with Crippen molar-refractivity contribution in [2.24, 2.45) is 0 Å². The molecule has 1 heterocycles. The molecule has 0 bridgehead atoms. The van der Waals surface area contributed by atoms with Crippen molar-refractivity contribution in [3.63, 3.8) is 0 Å². The van der Waals surface area contributed by atoms with Crippen molar-refractivity contribution in [3.05, 3.63) is 11.1 Å². The zero-order valence-corrected chi connectivity index (χ0v) is 9.18. The molecule has 2 rings (SSSR count). The number of hydrogen-bond donors (Lipinski definition) is 0. The molecule has 0 spiro atoms. The molecule has 0 N–H and O–H groups in total. The molecule has 2 aliphatic rings. The highest BCUT2D eigenvalue weighted by Crippen LogP contribution is 2.31. The number of hydrogen-bond acceptors (Lipinski definition) is 1. The third kappa shape index (κ3) is 1.58. The highest BCUT2D eigenvalue weighted by molar-refractivity contribution is 5.97. The van der Waals surface area contributed by atoms with Gasteiger partial charge in [-0.1, -0.05) is 6.42 Å². The van der Waals surface area contributed by atoms with E-state index >= 15 is 0 Å². The van der Waals surface area contributed by atoms with Crippen molar-refractivity contribution in [1.29, 1.82) is 0 Å². The summed E-state index contributed by atoms with van der Waals surface area (Å²) >= 11 is 0. The van der Waals surface area contributed by atoms with Gasteiger partial charge in [0.15, 0.2) is 0 Å². The highest BCUT2D eigenvalue weighted by atomic mass is 16.2. The molecular formula is C12H19NO. The van der Waals surface area contributed by atoms with Crippen LogP contribution in [0.25, 0.3) is 0 Å². The van der Waals surface area contributed by atoms with Gasteiger partial charge >= 0.3 is 0 Å². The molecule has 78 valence electrons. The van der Waals surface area contributed by atoms with Crippen LogP contribution in [-0.2, 0) is 4.79 Å². The molecule has 0 aromatic heterocycles. The van der Waals surface area contributed by atoms with Crippen LogP contribution in [0, 0.1) is 0 Å². The lowest BCUT2D eigenvalue weighted by atomic mass is 10.1. The maximum atomic E-state index is 12.0. The minimum absolute atomic E-state index is 0.317. The van der Waals surface area contributed by atoms with Crippen LogP contribution in [0.1, 0.15) is 46.0 Å². The van der Waals surface area contributed by atoms with Gasteiger partial charge < -0.3 is 4.90 Å². The Kier molecular flexibility index (Phi) is 2.62. The largest absolute Gasteiger partial charge is 0.332 e. The molecule has 0 aromatic carbocycles. The quantitative estimate of drug-likeness (QED) is 0.626. The van der Waals surface area contributed by atoms with Crippen molar-refractivity contribution in [2.75, 3.05) is 6.54 Å². The summed E-state index contributed by atoms with van der Waals surface area (Å²) in [5.41, 5.74) is 2.58. The first-order chi connectivity index (χ1) is 6.70. The highest BCUT2D eigenvalue weighted by Gasteiger charge is 2.31. The summed E-state index contributed by atoms with van der Waals surface area (Å²) < 4.78 is 0. The van der Waals surface area contributed by atoms with Gasteiger partial charge in [-0.15, -0.1) is 0 Å². The van der Waals surface area contributed by atoms with Crippen LogP contribution in [-0.4, -0.2) is 23.4 Å². The molecule has 0 radical (unpaired) electrons. The summed E-state index contributed by atoms with van der Waals surface area (Å²) in [6.07, 6.45) is 5.96. The van der Waals surface area contributed by atoms with Crippen LogP contribution < -0.4 is 0 Å². The second-order valence-electron chi connectivity index (χ2n) is 4.67. The smallest absolute Gasteiger partial charge is 0.250 e. The number of carbonyl (C=O) groups excluding carboxylic acids is 1. The van der Waals surface area contributed by atoms with E-state index in [-0.39, 0.29) is 0 Å². The topological polar surface area (TPSA) is 20.3 Å². The SMILES string of the molecule is CC(C)N1CC2=C(CCCCC2)C1=O. The van der Waals surface area contributed by atoms with Crippen LogP contribution >= 0.6 is 0 Å². The molecule has 0 unspecified atom stereocenters. The molecule has 1 aliphatic heterocycles. The van der Waals surface area contributed by atoms with Gasteiger partial charge in [0.2, 0.25) is 5.91 Å². The predicted molar refractivity (Wildman–Crippen MR) is 57.0 cm³/mol. The first-order valence-electron chi connectivity index (χ1n) is 5.72. The molecule has 2 nitrogen and oxygen atoms in total. The Labute approximate surface area is 86.0 Å². The second kappa shape index (κ2) is 3.76. The summed E-state index contributed by atoms with van der Waals surface area (Å²) in [6, 6.07) is 0.356. The minimum Gasteiger partial charge on any atom is -0.332 e. The third-order valence-electron chi connectivity index (χ3n) is 3.34. The van der Waals surface area contributed by atoms with Crippen molar-refractivity contribution in [3.8, 4) is 0 Å². The van der Waals surface area contributed by atoms with Gasteiger partial charge in [-0.05, 0) is 45.1 Å². The Morgan fingerprint density at radius 3 is 2.57 bits per heavy atom. The molecule has 1 amide bonds. The van der Waals surface area contributed by atoms with E-state index in [1.165, 1.54) is 24.8 Å². The maximum Gasteiger partial charge on any atom is 0.250 e. The minimum atomic E-state index is 0.317. The average Bonchev–Trinajstić information content (AvgIpc) is 2.37. The lowest BCUT2D eigenvalue weighted by Gasteiger charge is -2.21. The average molecular weight is 193 g/mol. The first-order valence-corrected chi connectivity index (χ1v) is 5.72. The summed E-state index contributed by atoms with van der Waals surface area (Å²) in [4.78, 5) is 14.0. The van der Waals surface area contributed by atoms with Crippen LogP contribution in [0.2, 0.25) is 0 Å². The van der Waals surface area contributed by atoms with Gasteiger partial charge in [0, 0.05) is 18.2 Å². The van der Waals surface area contributed by atoms with Gasteiger partial charge in [-0.2, -0.15) is 0 Å². The summed E-state index contributed by atoms with van der Waals surface area (Å²) in [6.45, 7) is 5.11. The standard InChI is InChI=1S/C12H19NO/c1-9(2)13-8-10-6-4-3-5-7-11(10)12(13)14/h9H,3-8H2,1-2H3. The Morgan fingerprint density at radius 2 is 1.86 bits per heavy atom. The molecule has 1 aliphatic carbocycles.